The highest BCUT2D eigenvalue weighted by molar-refractivity contribution is 5.89. The molecule has 0 spiro atoms. The molecular weight excluding hydrogens is 286 g/mol. The summed E-state index contributed by atoms with van der Waals surface area (Å²) >= 11 is 0. The molecule has 0 aliphatic carbocycles. The number of rotatable bonds is 4. The van der Waals surface area contributed by atoms with Gasteiger partial charge in [0.2, 0.25) is 0 Å². The van der Waals surface area contributed by atoms with E-state index in [0.717, 1.165) is 38.0 Å². The first-order valence-corrected chi connectivity index (χ1v) is 8.24. The van der Waals surface area contributed by atoms with E-state index in [1.54, 1.807) is 6.07 Å². The van der Waals surface area contributed by atoms with Gasteiger partial charge < -0.3 is 5.11 Å². The summed E-state index contributed by atoms with van der Waals surface area (Å²) in [5.41, 5.74) is 3.94. The Morgan fingerprint density at radius 2 is 1.78 bits per heavy atom. The maximum atomic E-state index is 11.3. The van der Waals surface area contributed by atoms with Crippen molar-refractivity contribution in [2.45, 2.75) is 32.2 Å². The highest BCUT2D eigenvalue weighted by atomic mass is 16.4. The molecule has 1 aliphatic rings. The molecule has 0 atom stereocenters. The summed E-state index contributed by atoms with van der Waals surface area (Å²) in [7, 11) is 0. The number of hydrogen-bond donors (Lipinski definition) is 1. The number of nitrogens with zero attached hydrogens (tertiary/aromatic N) is 1. The van der Waals surface area contributed by atoms with Gasteiger partial charge in [-0.1, -0.05) is 42.5 Å². The molecule has 1 fully saturated rings. The number of aromatic carboxylic acids is 1. The Balaban J connectivity index is 1.65. The van der Waals surface area contributed by atoms with Crippen LogP contribution in [0.5, 0.6) is 0 Å². The second-order valence-electron chi connectivity index (χ2n) is 6.36. The van der Waals surface area contributed by atoms with Crippen LogP contribution in [-0.2, 0) is 6.54 Å². The lowest BCUT2D eigenvalue weighted by molar-refractivity contribution is 0.0696. The third kappa shape index (κ3) is 3.62. The maximum absolute atomic E-state index is 11.3. The van der Waals surface area contributed by atoms with Crippen molar-refractivity contribution in [2.75, 3.05) is 13.1 Å². The number of carboxylic acid groups (broad SMARTS) is 1. The Hall–Kier alpha value is -2.13. The van der Waals surface area contributed by atoms with Crippen LogP contribution in [0, 0.1) is 6.92 Å². The highest BCUT2D eigenvalue weighted by Crippen LogP contribution is 2.31. The number of benzene rings is 2. The molecule has 2 aromatic rings. The van der Waals surface area contributed by atoms with Crippen molar-refractivity contribution in [1.29, 1.82) is 0 Å². The van der Waals surface area contributed by atoms with Crippen molar-refractivity contribution < 1.29 is 9.90 Å². The van der Waals surface area contributed by atoms with E-state index >= 15 is 0 Å². The van der Waals surface area contributed by atoms with Gasteiger partial charge in [0.05, 0.1) is 5.56 Å². The van der Waals surface area contributed by atoms with E-state index in [1.807, 2.05) is 19.1 Å². The minimum absolute atomic E-state index is 0.439. The van der Waals surface area contributed by atoms with Crippen molar-refractivity contribution >= 4 is 5.97 Å². The SMILES string of the molecule is Cc1c(C(=O)O)cccc1C1CCN(Cc2ccccc2)CC1. The number of carbonyl (C=O) groups is 1. The van der Waals surface area contributed by atoms with E-state index < -0.39 is 5.97 Å². The Morgan fingerprint density at radius 3 is 2.43 bits per heavy atom. The predicted molar refractivity (Wildman–Crippen MR) is 91.8 cm³/mol. The van der Waals surface area contributed by atoms with Crippen LogP contribution in [0.15, 0.2) is 48.5 Å². The highest BCUT2D eigenvalue weighted by Gasteiger charge is 2.23. The first-order valence-electron chi connectivity index (χ1n) is 8.24. The molecule has 0 amide bonds. The van der Waals surface area contributed by atoms with E-state index in [-0.39, 0.29) is 0 Å². The Morgan fingerprint density at radius 1 is 1.09 bits per heavy atom. The van der Waals surface area contributed by atoms with Crippen molar-refractivity contribution in [1.82, 2.24) is 4.90 Å². The second kappa shape index (κ2) is 6.97. The molecular formula is C20H23NO2. The summed E-state index contributed by atoms with van der Waals surface area (Å²) < 4.78 is 0. The molecule has 3 rings (SSSR count). The molecule has 1 heterocycles. The van der Waals surface area contributed by atoms with Gasteiger partial charge in [0.15, 0.2) is 0 Å². The first-order chi connectivity index (χ1) is 11.1. The van der Waals surface area contributed by atoms with E-state index in [2.05, 4.69) is 35.2 Å². The number of hydrogen-bond acceptors (Lipinski definition) is 2. The number of carboxylic acids is 1. The fourth-order valence-electron chi connectivity index (χ4n) is 3.57. The largest absolute Gasteiger partial charge is 0.478 e. The summed E-state index contributed by atoms with van der Waals surface area (Å²) in [4.78, 5) is 13.8. The van der Waals surface area contributed by atoms with Crippen LogP contribution in [0.3, 0.4) is 0 Å². The molecule has 2 aromatic carbocycles. The summed E-state index contributed by atoms with van der Waals surface area (Å²) in [6.07, 6.45) is 2.19. The Kier molecular flexibility index (Phi) is 4.77. The van der Waals surface area contributed by atoms with Gasteiger partial charge in [-0.15, -0.1) is 0 Å². The third-order valence-corrected chi connectivity index (χ3v) is 4.88. The van der Waals surface area contributed by atoms with E-state index in [4.69, 9.17) is 0 Å². The lowest BCUT2D eigenvalue weighted by atomic mass is 9.85. The van der Waals surface area contributed by atoms with E-state index in [1.165, 1.54) is 11.1 Å². The van der Waals surface area contributed by atoms with E-state index in [0.29, 0.717) is 11.5 Å². The Labute approximate surface area is 137 Å². The lowest BCUT2D eigenvalue weighted by Gasteiger charge is -2.33. The molecule has 3 heteroatoms. The fraction of sp³-hybridized carbons (Fsp3) is 0.350. The van der Waals surface area contributed by atoms with Crippen LogP contribution in [-0.4, -0.2) is 29.1 Å². The molecule has 0 aromatic heterocycles. The normalized spacial score (nSPS) is 16.4. The molecule has 1 saturated heterocycles. The van der Waals surface area contributed by atoms with Crippen LogP contribution in [0.4, 0.5) is 0 Å². The van der Waals surface area contributed by atoms with Gasteiger partial charge in [-0.05, 0) is 61.5 Å². The van der Waals surface area contributed by atoms with Gasteiger partial charge in [0.1, 0.15) is 0 Å². The second-order valence-corrected chi connectivity index (χ2v) is 6.36. The molecule has 1 N–H and O–H groups in total. The molecule has 0 saturated carbocycles. The van der Waals surface area contributed by atoms with Crippen LogP contribution >= 0.6 is 0 Å². The molecule has 0 unspecified atom stereocenters. The quantitative estimate of drug-likeness (QED) is 0.925. The zero-order valence-electron chi connectivity index (χ0n) is 13.5. The first kappa shape index (κ1) is 15.8. The van der Waals surface area contributed by atoms with Crippen molar-refractivity contribution in [2.24, 2.45) is 0 Å². The number of likely N-dealkylation sites (tertiary alicyclic amines) is 1. The van der Waals surface area contributed by atoms with Crippen LogP contribution in [0.1, 0.15) is 45.8 Å². The molecule has 3 nitrogen and oxygen atoms in total. The summed E-state index contributed by atoms with van der Waals surface area (Å²) in [6.45, 7) is 5.07. The average Bonchev–Trinajstić information content (AvgIpc) is 2.57. The van der Waals surface area contributed by atoms with Crippen LogP contribution < -0.4 is 0 Å². The zero-order valence-corrected chi connectivity index (χ0v) is 13.5. The molecule has 0 radical (unpaired) electrons. The average molecular weight is 309 g/mol. The van der Waals surface area contributed by atoms with Crippen LogP contribution in [0.25, 0.3) is 0 Å². The van der Waals surface area contributed by atoms with E-state index in [9.17, 15) is 9.90 Å². The van der Waals surface area contributed by atoms with Crippen molar-refractivity contribution in [3.8, 4) is 0 Å². The van der Waals surface area contributed by atoms with Gasteiger partial charge in [0, 0.05) is 6.54 Å². The van der Waals surface area contributed by atoms with Gasteiger partial charge in [-0.3, -0.25) is 4.90 Å². The fourth-order valence-corrected chi connectivity index (χ4v) is 3.57. The van der Waals surface area contributed by atoms with Crippen LogP contribution in [0.2, 0.25) is 0 Å². The maximum Gasteiger partial charge on any atom is 0.335 e. The third-order valence-electron chi connectivity index (χ3n) is 4.88. The Bertz CT molecular complexity index is 673. The summed E-state index contributed by atoms with van der Waals surface area (Å²) in [5, 5.41) is 9.29. The topological polar surface area (TPSA) is 40.5 Å². The minimum atomic E-state index is -0.828. The van der Waals surface area contributed by atoms with Crippen molar-refractivity contribution in [3.63, 3.8) is 0 Å². The van der Waals surface area contributed by atoms with Crippen molar-refractivity contribution in [3.05, 3.63) is 70.8 Å². The smallest absolute Gasteiger partial charge is 0.335 e. The lowest BCUT2D eigenvalue weighted by Crippen LogP contribution is -2.32. The zero-order chi connectivity index (χ0) is 16.2. The predicted octanol–water partition coefficient (Wildman–Crippen LogP) is 4.07. The standard InChI is InChI=1S/C20H23NO2/c1-15-18(8-5-9-19(15)20(22)23)17-10-12-21(13-11-17)14-16-6-3-2-4-7-16/h2-9,17H,10-14H2,1H3,(H,22,23). The number of piperidine rings is 1. The molecule has 23 heavy (non-hydrogen) atoms. The summed E-state index contributed by atoms with van der Waals surface area (Å²) in [5.74, 6) is -0.354. The van der Waals surface area contributed by atoms with Gasteiger partial charge in [-0.2, -0.15) is 0 Å². The monoisotopic (exact) mass is 309 g/mol. The molecule has 0 bridgehead atoms. The minimum Gasteiger partial charge on any atom is -0.478 e. The molecule has 120 valence electrons. The molecule has 1 aliphatic heterocycles. The van der Waals surface area contributed by atoms with Gasteiger partial charge >= 0.3 is 5.97 Å². The van der Waals surface area contributed by atoms with Gasteiger partial charge in [-0.25, -0.2) is 4.79 Å². The summed E-state index contributed by atoms with van der Waals surface area (Å²) in [6, 6.07) is 16.2. The van der Waals surface area contributed by atoms with Gasteiger partial charge in [0.25, 0.3) is 0 Å².